The van der Waals surface area contributed by atoms with Crippen molar-refractivity contribution in [3.63, 3.8) is 0 Å². The number of benzene rings is 1. The molecule has 22 heavy (non-hydrogen) atoms. The predicted octanol–water partition coefficient (Wildman–Crippen LogP) is 2.36. The fraction of sp³-hybridized carbons (Fsp3) is 0.588. The standard InChI is InChI=1S/C17H26ClN3O/c1-13(2)11-16(19)17(22)21-9-7-20(8-10-21)12-14-3-5-15(18)6-4-14/h3-6,13,16H,7-12,19H2,1-2H3/t16-/m0/s1. The largest absolute Gasteiger partial charge is 0.339 e. The van der Waals surface area contributed by atoms with Crippen LogP contribution in [0.1, 0.15) is 25.8 Å². The maximum Gasteiger partial charge on any atom is 0.239 e. The molecule has 0 aliphatic carbocycles. The maximum atomic E-state index is 12.3. The lowest BCUT2D eigenvalue weighted by atomic mass is 10.0. The molecule has 0 spiro atoms. The molecule has 0 unspecified atom stereocenters. The van der Waals surface area contributed by atoms with Gasteiger partial charge in [0.05, 0.1) is 6.04 Å². The molecule has 2 N–H and O–H groups in total. The number of hydrogen-bond donors (Lipinski definition) is 1. The molecule has 0 bridgehead atoms. The van der Waals surface area contributed by atoms with Crippen molar-refractivity contribution in [2.45, 2.75) is 32.9 Å². The van der Waals surface area contributed by atoms with Crippen molar-refractivity contribution in [3.8, 4) is 0 Å². The number of halogens is 1. The van der Waals surface area contributed by atoms with E-state index in [0.717, 1.165) is 44.2 Å². The third-order valence-electron chi connectivity index (χ3n) is 4.05. The minimum Gasteiger partial charge on any atom is -0.339 e. The first-order chi connectivity index (χ1) is 10.5. The van der Waals surface area contributed by atoms with Crippen LogP contribution in [0.2, 0.25) is 5.02 Å². The summed E-state index contributed by atoms with van der Waals surface area (Å²) in [5.41, 5.74) is 7.25. The van der Waals surface area contributed by atoms with Crippen molar-refractivity contribution < 1.29 is 4.79 Å². The quantitative estimate of drug-likeness (QED) is 0.905. The minimum atomic E-state index is -0.359. The highest BCUT2D eigenvalue weighted by Gasteiger charge is 2.25. The van der Waals surface area contributed by atoms with Gasteiger partial charge in [-0.3, -0.25) is 9.69 Å². The molecule has 1 atom stereocenters. The van der Waals surface area contributed by atoms with Crippen molar-refractivity contribution in [1.29, 1.82) is 0 Å². The molecule has 1 amide bonds. The summed E-state index contributed by atoms with van der Waals surface area (Å²) < 4.78 is 0. The van der Waals surface area contributed by atoms with Crippen molar-refractivity contribution in [2.75, 3.05) is 26.2 Å². The van der Waals surface area contributed by atoms with E-state index < -0.39 is 0 Å². The van der Waals surface area contributed by atoms with Crippen LogP contribution in [0.4, 0.5) is 0 Å². The van der Waals surface area contributed by atoms with Gasteiger partial charge < -0.3 is 10.6 Å². The Hall–Kier alpha value is -1.10. The van der Waals surface area contributed by atoms with E-state index in [-0.39, 0.29) is 11.9 Å². The third kappa shape index (κ3) is 4.97. The van der Waals surface area contributed by atoms with E-state index in [9.17, 15) is 4.79 Å². The number of nitrogens with zero attached hydrogens (tertiary/aromatic N) is 2. The van der Waals surface area contributed by atoms with Gasteiger partial charge in [-0.15, -0.1) is 0 Å². The fourth-order valence-corrected chi connectivity index (χ4v) is 2.94. The second-order valence-electron chi connectivity index (χ2n) is 6.46. The van der Waals surface area contributed by atoms with Gasteiger partial charge in [0, 0.05) is 37.7 Å². The Morgan fingerprint density at radius 1 is 1.18 bits per heavy atom. The molecule has 2 rings (SSSR count). The molecular formula is C17H26ClN3O. The number of carbonyl (C=O) groups excluding carboxylic acids is 1. The van der Waals surface area contributed by atoms with Crippen molar-refractivity contribution >= 4 is 17.5 Å². The number of nitrogens with two attached hydrogens (primary N) is 1. The Labute approximate surface area is 138 Å². The van der Waals surface area contributed by atoms with Gasteiger partial charge in [-0.1, -0.05) is 37.6 Å². The summed E-state index contributed by atoms with van der Waals surface area (Å²) in [4.78, 5) is 16.6. The van der Waals surface area contributed by atoms with Crippen LogP contribution in [0.25, 0.3) is 0 Å². The molecule has 1 aromatic carbocycles. The highest BCUT2D eigenvalue weighted by atomic mass is 35.5. The van der Waals surface area contributed by atoms with Crippen molar-refractivity contribution in [2.24, 2.45) is 11.7 Å². The second-order valence-corrected chi connectivity index (χ2v) is 6.90. The Morgan fingerprint density at radius 3 is 2.32 bits per heavy atom. The summed E-state index contributed by atoms with van der Waals surface area (Å²) in [5.74, 6) is 0.546. The summed E-state index contributed by atoms with van der Waals surface area (Å²) in [6, 6.07) is 7.59. The summed E-state index contributed by atoms with van der Waals surface area (Å²) in [6.45, 7) is 8.40. The van der Waals surface area contributed by atoms with Crippen LogP contribution in [0, 0.1) is 5.92 Å². The van der Waals surface area contributed by atoms with Gasteiger partial charge >= 0.3 is 0 Å². The summed E-state index contributed by atoms with van der Waals surface area (Å²) in [6.07, 6.45) is 0.754. The van der Waals surface area contributed by atoms with E-state index in [1.807, 2.05) is 17.0 Å². The number of rotatable bonds is 5. The van der Waals surface area contributed by atoms with Gasteiger partial charge in [0.25, 0.3) is 0 Å². The highest BCUT2D eigenvalue weighted by molar-refractivity contribution is 6.30. The Kier molecular flexibility index (Phi) is 6.24. The normalized spacial score (nSPS) is 17.8. The van der Waals surface area contributed by atoms with Crippen LogP contribution in [-0.4, -0.2) is 47.9 Å². The first kappa shape index (κ1) is 17.3. The highest BCUT2D eigenvalue weighted by Crippen LogP contribution is 2.14. The van der Waals surface area contributed by atoms with E-state index in [0.29, 0.717) is 5.92 Å². The fourth-order valence-electron chi connectivity index (χ4n) is 2.82. The van der Waals surface area contributed by atoms with E-state index >= 15 is 0 Å². The zero-order valence-corrected chi connectivity index (χ0v) is 14.2. The smallest absolute Gasteiger partial charge is 0.239 e. The Morgan fingerprint density at radius 2 is 1.77 bits per heavy atom. The van der Waals surface area contributed by atoms with Gasteiger partial charge in [0.15, 0.2) is 0 Å². The number of hydrogen-bond acceptors (Lipinski definition) is 3. The lowest BCUT2D eigenvalue weighted by Gasteiger charge is -2.36. The van der Waals surface area contributed by atoms with E-state index in [1.54, 1.807) is 0 Å². The summed E-state index contributed by atoms with van der Waals surface area (Å²) in [7, 11) is 0. The second kappa shape index (κ2) is 7.95. The molecule has 122 valence electrons. The molecule has 0 aromatic heterocycles. The van der Waals surface area contributed by atoms with E-state index in [1.165, 1.54) is 5.56 Å². The van der Waals surface area contributed by atoms with Crippen LogP contribution in [-0.2, 0) is 11.3 Å². The molecule has 1 fully saturated rings. The third-order valence-corrected chi connectivity index (χ3v) is 4.30. The molecule has 5 heteroatoms. The van der Waals surface area contributed by atoms with Crippen LogP contribution in [0.15, 0.2) is 24.3 Å². The molecule has 4 nitrogen and oxygen atoms in total. The predicted molar refractivity (Wildman–Crippen MR) is 90.7 cm³/mol. The van der Waals surface area contributed by atoms with Crippen LogP contribution < -0.4 is 5.73 Å². The Bertz CT molecular complexity index is 481. The number of amides is 1. The summed E-state index contributed by atoms with van der Waals surface area (Å²) >= 11 is 5.90. The summed E-state index contributed by atoms with van der Waals surface area (Å²) in [5, 5.41) is 0.762. The molecule has 0 saturated carbocycles. The van der Waals surface area contributed by atoms with Crippen LogP contribution in [0.3, 0.4) is 0 Å². The zero-order chi connectivity index (χ0) is 16.1. The molecule has 1 saturated heterocycles. The van der Waals surface area contributed by atoms with Gasteiger partial charge in [-0.2, -0.15) is 0 Å². The average Bonchev–Trinajstić information content (AvgIpc) is 2.49. The molecular weight excluding hydrogens is 298 g/mol. The Balaban J connectivity index is 1.80. The van der Waals surface area contributed by atoms with E-state index in [4.69, 9.17) is 17.3 Å². The average molecular weight is 324 g/mol. The van der Waals surface area contributed by atoms with Crippen LogP contribution >= 0.6 is 11.6 Å². The van der Waals surface area contributed by atoms with Crippen molar-refractivity contribution in [1.82, 2.24) is 9.80 Å². The number of carbonyl (C=O) groups is 1. The van der Waals surface area contributed by atoms with Crippen LogP contribution in [0.5, 0.6) is 0 Å². The number of piperazine rings is 1. The molecule has 1 heterocycles. The van der Waals surface area contributed by atoms with Gasteiger partial charge in [0.2, 0.25) is 5.91 Å². The molecule has 1 aromatic rings. The van der Waals surface area contributed by atoms with Gasteiger partial charge in [0.1, 0.15) is 0 Å². The van der Waals surface area contributed by atoms with Gasteiger partial charge in [-0.25, -0.2) is 0 Å². The molecule has 1 aliphatic rings. The topological polar surface area (TPSA) is 49.6 Å². The first-order valence-corrected chi connectivity index (χ1v) is 8.34. The van der Waals surface area contributed by atoms with Gasteiger partial charge in [-0.05, 0) is 30.0 Å². The SMILES string of the molecule is CC(C)C[C@H](N)C(=O)N1CCN(Cc2ccc(Cl)cc2)CC1. The molecule has 1 aliphatic heterocycles. The zero-order valence-electron chi connectivity index (χ0n) is 13.5. The monoisotopic (exact) mass is 323 g/mol. The lowest BCUT2D eigenvalue weighted by molar-refractivity contribution is -0.134. The first-order valence-electron chi connectivity index (χ1n) is 7.97. The maximum absolute atomic E-state index is 12.3. The minimum absolute atomic E-state index is 0.0971. The molecule has 0 radical (unpaired) electrons. The lowest BCUT2D eigenvalue weighted by Crippen LogP contribution is -2.53. The van der Waals surface area contributed by atoms with Crippen molar-refractivity contribution in [3.05, 3.63) is 34.9 Å². The van der Waals surface area contributed by atoms with E-state index in [2.05, 4.69) is 30.9 Å².